The maximum atomic E-state index is 12.3. The summed E-state index contributed by atoms with van der Waals surface area (Å²) in [6.45, 7) is 4.71. The number of benzene rings is 1. The van der Waals surface area contributed by atoms with Gasteiger partial charge in [-0.1, -0.05) is 6.07 Å². The van der Waals surface area contributed by atoms with E-state index in [1.165, 1.54) is 10.4 Å². The molecule has 0 aliphatic heterocycles. The lowest BCUT2D eigenvalue weighted by Gasteiger charge is -2.23. The first kappa shape index (κ1) is 16.2. The molecule has 0 aliphatic carbocycles. The van der Waals surface area contributed by atoms with Gasteiger partial charge in [-0.25, -0.2) is 0 Å². The van der Waals surface area contributed by atoms with Crippen molar-refractivity contribution in [3.8, 4) is 6.07 Å². The molecule has 0 spiro atoms. The van der Waals surface area contributed by atoms with Crippen LogP contribution in [0.1, 0.15) is 22.9 Å². The van der Waals surface area contributed by atoms with Gasteiger partial charge in [-0.3, -0.25) is 9.69 Å². The highest BCUT2D eigenvalue weighted by molar-refractivity contribution is 7.10. The van der Waals surface area contributed by atoms with Crippen LogP contribution >= 0.6 is 11.3 Å². The van der Waals surface area contributed by atoms with Gasteiger partial charge in [0, 0.05) is 17.1 Å². The number of likely N-dealkylation sites (N-methyl/N-ethyl adjacent to an activating group) is 1. The molecule has 1 N–H and O–H groups in total. The third-order valence-electron chi connectivity index (χ3n) is 3.66. The SMILES string of the molecule is Cc1ccsc1CN(C)[C@H](C)C(=O)Nc1cccc(C#N)c1. The first-order chi connectivity index (χ1) is 10.5. The first-order valence-corrected chi connectivity index (χ1v) is 7.93. The molecule has 1 amide bonds. The van der Waals surface area contributed by atoms with Crippen molar-refractivity contribution in [2.45, 2.75) is 26.4 Å². The molecule has 1 heterocycles. The number of nitrogens with zero attached hydrogens (tertiary/aromatic N) is 2. The highest BCUT2D eigenvalue weighted by Crippen LogP contribution is 2.18. The van der Waals surface area contributed by atoms with Crippen molar-refractivity contribution in [1.82, 2.24) is 4.90 Å². The molecule has 0 aliphatic rings. The van der Waals surface area contributed by atoms with Crippen LogP contribution in [0.2, 0.25) is 0 Å². The van der Waals surface area contributed by atoms with Crippen molar-refractivity contribution >= 4 is 22.9 Å². The lowest BCUT2D eigenvalue weighted by atomic mass is 10.2. The van der Waals surface area contributed by atoms with Gasteiger partial charge in [0.2, 0.25) is 5.91 Å². The summed E-state index contributed by atoms with van der Waals surface area (Å²) in [4.78, 5) is 15.6. The summed E-state index contributed by atoms with van der Waals surface area (Å²) in [5.41, 5.74) is 2.44. The number of carbonyl (C=O) groups excluding carboxylic acids is 1. The predicted molar refractivity (Wildman–Crippen MR) is 89.8 cm³/mol. The molecule has 22 heavy (non-hydrogen) atoms. The molecule has 114 valence electrons. The smallest absolute Gasteiger partial charge is 0.241 e. The number of thiophene rings is 1. The third-order valence-corrected chi connectivity index (χ3v) is 4.67. The van der Waals surface area contributed by atoms with E-state index in [1.54, 1.807) is 35.6 Å². The Kier molecular flexibility index (Phi) is 5.31. The summed E-state index contributed by atoms with van der Waals surface area (Å²) in [6, 6.07) is 10.8. The van der Waals surface area contributed by atoms with Crippen LogP contribution in [-0.4, -0.2) is 23.9 Å². The standard InChI is InChI=1S/C17H19N3OS/c1-12-7-8-22-16(12)11-20(3)13(2)17(21)19-15-6-4-5-14(9-15)10-18/h4-9,13H,11H2,1-3H3,(H,19,21)/t13-/m1/s1. The number of anilines is 1. The van der Waals surface area contributed by atoms with E-state index >= 15 is 0 Å². The Labute approximate surface area is 135 Å². The molecule has 5 heteroatoms. The number of hydrogen-bond acceptors (Lipinski definition) is 4. The van der Waals surface area contributed by atoms with Crippen LogP contribution in [-0.2, 0) is 11.3 Å². The van der Waals surface area contributed by atoms with Crippen molar-refractivity contribution in [3.05, 3.63) is 51.7 Å². The molecular weight excluding hydrogens is 294 g/mol. The Bertz CT molecular complexity index is 702. The van der Waals surface area contributed by atoms with Crippen LogP contribution in [0.5, 0.6) is 0 Å². The van der Waals surface area contributed by atoms with E-state index in [2.05, 4.69) is 29.8 Å². The van der Waals surface area contributed by atoms with Crippen LogP contribution in [0, 0.1) is 18.3 Å². The average molecular weight is 313 g/mol. The topological polar surface area (TPSA) is 56.1 Å². The molecule has 0 saturated carbocycles. The van der Waals surface area contributed by atoms with Gasteiger partial charge < -0.3 is 5.32 Å². The second kappa shape index (κ2) is 7.21. The molecule has 0 fully saturated rings. The van der Waals surface area contributed by atoms with Gasteiger partial charge in [-0.2, -0.15) is 5.26 Å². The molecule has 2 aromatic rings. The summed E-state index contributed by atoms with van der Waals surface area (Å²) < 4.78 is 0. The zero-order valence-electron chi connectivity index (χ0n) is 13.0. The van der Waals surface area contributed by atoms with E-state index in [9.17, 15) is 4.79 Å². The Morgan fingerprint density at radius 3 is 2.86 bits per heavy atom. The molecule has 1 aromatic heterocycles. The van der Waals surface area contributed by atoms with Crippen molar-refractivity contribution in [3.63, 3.8) is 0 Å². The molecule has 0 radical (unpaired) electrons. The van der Waals surface area contributed by atoms with Gasteiger partial charge in [0.05, 0.1) is 17.7 Å². The molecular formula is C17H19N3OS. The lowest BCUT2D eigenvalue weighted by Crippen LogP contribution is -2.39. The van der Waals surface area contributed by atoms with Gasteiger partial charge in [0.25, 0.3) is 0 Å². The van der Waals surface area contributed by atoms with Gasteiger partial charge >= 0.3 is 0 Å². The summed E-state index contributed by atoms with van der Waals surface area (Å²) in [5, 5.41) is 13.8. The van der Waals surface area contributed by atoms with Crippen molar-refractivity contribution in [2.75, 3.05) is 12.4 Å². The predicted octanol–water partition coefficient (Wildman–Crippen LogP) is 3.39. The molecule has 2 rings (SSSR count). The Balaban J connectivity index is 1.99. The fourth-order valence-electron chi connectivity index (χ4n) is 2.04. The van der Waals surface area contributed by atoms with Gasteiger partial charge in [0.1, 0.15) is 0 Å². The van der Waals surface area contributed by atoms with Gasteiger partial charge in [-0.05, 0) is 56.1 Å². The van der Waals surface area contributed by atoms with Crippen LogP contribution < -0.4 is 5.32 Å². The number of amides is 1. The molecule has 0 unspecified atom stereocenters. The van der Waals surface area contributed by atoms with Gasteiger partial charge in [-0.15, -0.1) is 11.3 Å². The van der Waals surface area contributed by atoms with Crippen molar-refractivity contribution < 1.29 is 4.79 Å². The lowest BCUT2D eigenvalue weighted by molar-refractivity contribution is -0.120. The minimum absolute atomic E-state index is 0.0770. The summed E-state index contributed by atoms with van der Waals surface area (Å²) in [5.74, 6) is -0.0770. The second-order valence-corrected chi connectivity index (χ2v) is 6.30. The molecule has 4 nitrogen and oxygen atoms in total. The van der Waals surface area contributed by atoms with Crippen LogP contribution in [0.3, 0.4) is 0 Å². The zero-order chi connectivity index (χ0) is 16.1. The largest absolute Gasteiger partial charge is 0.325 e. The van der Waals surface area contributed by atoms with Crippen LogP contribution in [0.15, 0.2) is 35.7 Å². The number of aryl methyl sites for hydroxylation is 1. The minimum Gasteiger partial charge on any atom is -0.325 e. The Hall–Kier alpha value is -2.16. The van der Waals surface area contributed by atoms with Crippen LogP contribution in [0.4, 0.5) is 5.69 Å². The zero-order valence-corrected chi connectivity index (χ0v) is 13.8. The second-order valence-electron chi connectivity index (χ2n) is 5.30. The van der Waals surface area contributed by atoms with E-state index in [1.807, 2.05) is 18.9 Å². The highest BCUT2D eigenvalue weighted by Gasteiger charge is 2.19. The van der Waals surface area contributed by atoms with E-state index in [4.69, 9.17) is 5.26 Å². The number of nitrogens with one attached hydrogen (secondary N) is 1. The fourth-order valence-corrected chi connectivity index (χ4v) is 3.01. The summed E-state index contributed by atoms with van der Waals surface area (Å²) >= 11 is 1.71. The Morgan fingerprint density at radius 1 is 1.45 bits per heavy atom. The summed E-state index contributed by atoms with van der Waals surface area (Å²) in [6.07, 6.45) is 0. The molecule has 0 bridgehead atoms. The third kappa shape index (κ3) is 3.94. The van der Waals surface area contributed by atoms with Crippen molar-refractivity contribution in [2.24, 2.45) is 0 Å². The normalized spacial score (nSPS) is 12.0. The summed E-state index contributed by atoms with van der Waals surface area (Å²) in [7, 11) is 1.94. The Morgan fingerprint density at radius 2 is 2.23 bits per heavy atom. The minimum atomic E-state index is -0.257. The monoisotopic (exact) mass is 313 g/mol. The molecule has 1 atom stereocenters. The number of rotatable bonds is 5. The first-order valence-electron chi connectivity index (χ1n) is 7.05. The quantitative estimate of drug-likeness (QED) is 0.920. The van der Waals surface area contributed by atoms with E-state index in [0.29, 0.717) is 11.3 Å². The van der Waals surface area contributed by atoms with E-state index in [0.717, 1.165) is 6.54 Å². The van der Waals surface area contributed by atoms with E-state index in [-0.39, 0.29) is 11.9 Å². The van der Waals surface area contributed by atoms with E-state index < -0.39 is 0 Å². The average Bonchev–Trinajstić information content (AvgIpc) is 2.91. The fraction of sp³-hybridized carbons (Fsp3) is 0.294. The van der Waals surface area contributed by atoms with Gasteiger partial charge in [0.15, 0.2) is 0 Å². The number of hydrogen-bond donors (Lipinski definition) is 1. The molecule has 1 aromatic carbocycles. The maximum absolute atomic E-state index is 12.3. The van der Waals surface area contributed by atoms with Crippen molar-refractivity contribution in [1.29, 1.82) is 5.26 Å². The number of carbonyl (C=O) groups is 1. The maximum Gasteiger partial charge on any atom is 0.241 e. The molecule has 0 saturated heterocycles. The number of nitriles is 1. The highest BCUT2D eigenvalue weighted by atomic mass is 32.1. The van der Waals surface area contributed by atoms with Crippen LogP contribution in [0.25, 0.3) is 0 Å².